The lowest BCUT2D eigenvalue weighted by Crippen LogP contribution is -2.45. The highest BCUT2D eigenvalue weighted by atomic mass is 16.4. The highest BCUT2D eigenvalue weighted by molar-refractivity contribution is 5.83. The number of likely N-dealkylation sites (tertiary alicyclic amines) is 1. The Balaban J connectivity index is 1.19. The maximum atomic E-state index is 12.7. The molecular formula is C22H28N4O2. The molecule has 1 N–H and O–H groups in total. The largest absolute Gasteiger partial charge is 0.408 e. The smallest absolute Gasteiger partial charge is 0.316 e. The van der Waals surface area contributed by atoms with Crippen molar-refractivity contribution < 1.29 is 9.21 Å². The van der Waals surface area contributed by atoms with Crippen LogP contribution in [0.2, 0.25) is 0 Å². The van der Waals surface area contributed by atoms with Crippen LogP contribution in [0, 0.1) is 5.41 Å². The predicted molar refractivity (Wildman–Crippen MR) is 106 cm³/mol. The molecule has 148 valence electrons. The Bertz CT molecular complexity index is 866. The van der Waals surface area contributed by atoms with Crippen molar-refractivity contribution in [2.45, 2.75) is 63.3 Å². The van der Waals surface area contributed by atoms with E-state index in [0.29, 0.717) is 17.3 Å². The first-order valence-electron chi connectivity index (χ1n) is 10.4. The fourth-order valence-electron chi connectivity index (χ4n) is 4.70. The summed E-state index contributed by atoms with van der Waals surface area (Å²) >= 11 is 0. The third-order valence-corrected chi connectivity index (χ3v) is 7.21. The zero-order valence-electron chi connectivity index (χ0n) is 16.6. The molecule has 2 aromatic rings. The molecule has 1 spiro atoms. The summed E-state index contributed by atoms with van der Waals surface area (Å²) in [7, 11) is 0. The molecule has 1 aromatic carbocycles. The molecule has 6 nitrogen and oxygen atoms in total. The fourth-order valence-corrected chi connectivity index (χ4v) is 4.70. The molecule has 5 rings (SSSR count). The number of carbonyl (C=O) groups excluding carboxylic acids is 1. The summed E-state index contributed by atoms with van der Waals surface area (Å²) in [5.74, 6) is 1.01. The van der Waals surface area contributed by atoms with Crippen molar-refractivity contribution in [1.29, 1.82) is 0 Å². The van der Waals surface area contributed by atoms with Crippen LogP contribution in [0.4, 0.5) is 6.01 Å². The quantitative estimate of drug-likeness (QED) is 0.856. The summed E-state index contributed by atoms with van der Waals surface area (Å²) in [6, 6.07) is 10.5. The second-order valence-corrected chi connectivity index (χ2v) is 9.18. The van der Waals surface area contributed by atoms with E-state index in [1.807, 2.05) is 17.9 Å². The Morgan fingerprint density at radius 2 is 1.89 bits per heavy atom. The maximum Gasteiger partial charge on any atom is 0.316 e. The zero-order chi connectivity index (χ0) is 19.4. The van der Waals surface area contributed by atoms with Crippen molar-refractivity contribution in [1.82, 2.24) is 15.1 Å². The number of amides is 1. The van der Waals surface area contributed by atoms with Gasteiger partial charge in [-0.05, 0) is 50.0 Å². The van der Waals surface area contributed by atoms with Gasteiger partial charge >= 0.3 is 6.01 Å². The van der Waals surface area contributed by atoms with Crippen molar-refractivity contribution >= 4 is 11.9 Å². The summed E-state index contributed by atoms with van der Waals surface area (Å²) in [5.41, 5.74) is 1.93. The lowest BCUT2D eigenvalue weighted by Gasteiger charge is -2.33. The second-order valence-electron chi connectivity index (χ2n) is 9.18. The van der Waals surface area contributed by atoms with Gasteiger partial charge in [-0.15, -0.1) is 5.10 Å². The Labute approximate surface area is 165 Å². The average molecular weight is 380 g/mol. The van der Waals surface area contributed by atoms with E-state index >= 15 is 0 Å². The SMILES string of the molecule is C[C@@H](Nc1nnc([C@@H]2C[C@@]2(C)c2ccccc2)o1)C(=O)N1CCC2(CC1)CC2. The number of rotatable bonds is 5. The molecule has 0 unspecified atom stereocenters. The first kappa shape index (κ1) is 17.7. The molecular weight excluding hydrogens is 352 g/mol. The monoisotopic (exact) mass is 380 g/mol. The Morgan fingerprint density at radius 1 is 1.18 bits per heavy atom. The van der Waals surface area contributed by atoms with Crippen LogP contribution in [0.3, 0.4) is 0 Å². The first-order valence-corrected chi connectivity index (χ1v) is 10.4. The molecule has 0 radical (unpaired) electrons. The third kappa shape index (κ3) is 3.09. The molecule has 3 fully saturated rings. The molecule has 2 saturated carbocycles. The minimum atomic E-state index is -0.360. The van der Waals surface area contributed by atoms with Gasteiger partial charge in [0.2, 0.25) is 11.8 Å². The Morgan fingerprint density at radius 3 is 2.57 bits per heavy atom. The minimum Gasteiger partial charge on any atom is -0.408 e. The molecule has 0 bridgehead atoms. The molecule has 3 aliphatic rings. The molecule has 1 aliphatic heterocycles. The number of aromatic nitrogens is 2. The van der Waals surface area contributed by atoms with Gasteiger partial charge in [0.1, 0.15) is 6.04 Å². The number of hydrogen-bond acceptors (Lipinski definition) is 5. The van der Waals surface area contributed by atoms with Crippen molar-refractivity contribution in [3.63, 3.8) is 0 Å². The Hall–Kier alpha value is -2.37. The van der Waals surface area contributed by atoms with Crippen LogP contribution >= 0.6 is 0 Å². The van der Waals surface area contributed by atoms with Crippen LogP contribution in [0.25, 0.3) is 0 Å². The van der Waals surface area contributed by atoms with Gasteiger partial charge in [0.25, 0.3) is 0 Å². The standard InChI is InChI=1S/C22H28N4O2/c1-15(19(27)26-12-10-22(8-9-22)11-13-26)23-20-25-24-18(28-20)17-14-21(17,2)16-6-4-3-5-7-16/h3-7,15,17H,8-14H2,1-2H3,(H,23,25)/t15-,17+,21+/m1/s1. The van der Waals surface area contributed by atoms with Crippen LogP contribution in [-0.2, 0) is 10.2 Å². The lowest BCUT2D eigenvalue weighted by molar-refractivity contribution is -0.133. The normalized spacial score (nSPS) is 28.8. The van der Waals surface area contributed by atoms with Crippen LogP contribution < -0.4 is 5.32 Å². The van der Waals surface area contributed by atoms with Gasteiger partial charge in [-0.2, -0.15) is 0 Å². The van der Waals surface area contributed by atoms with E-state index < -0.39 is 0 Å². The molecule has 3 atom stereocenters. The average Bonchev–Trinajstić information content (AvgIpc) is 3.58. The van der Waals surface area contributed by atoms with E-state index in [9.17, 15) is 4.79 Å². The molecule has 28 heavy (non-hydrogen) atoms. The van der Waals surface area contributed by atoms with Gasteiger partial charge in [0, 0.05) is 24.4 Å². The van der Waals surface area contributed by atoms with E-state index in [2.05, 4.69) is 46.7 Å². The third-order valence-electron chi connectivity index (χ3n) is 7.21. The molecule has 2 heterocycles. The van der Waals surface area contributed by atoms with Gasteiger partial charge in [0.05, 0.1) is 0 Å². The minimum absolute atomic E-state index is 0.0546. The van der Waals surface area contributed by atoms with Crippen LogP contribution in [-0.4, -0.2) is 40.1 Å². The van der Waals surface area contributed by atoms with E-state index in [1.165, 1.54) is 18.4 Å². The summed E-state index contributed by atoms with van der Waals surface area (Å²) in [6.07, 6.45) is 5.99. The van der Waals surface area contributed by atoms with Crippen molar-refractivity contribution in [2.75, 3.05) is 18.4 Å². The molecule has 1 amide bonds. The van der Waals surface area contributed by atoms with Gasteiger partial charge in [0.15, 0.2) is 0 Å². The van der Waals surface area contributed by atoms with E-state index in [0.717, 1.165) is 32.4 Å². The van der Waals surface area contributed by atoms with E-state index in [4.69, 9.17) is 4.42 Å². The van der Waals surface area contributed by atoms with Gasteiger partial charge in [-0.25, -0.2) is 0 Å². The fraction of sp³-hybridized carbons (Fsp3) is 0.591. The topological polar surface area (TPSA) is 71.3 Å². The van der Waals surface area contributed by atoms with Crippen LogP contribution in [0.5, 0.6) is 0 Å². The predicted octanol–water partition coefficient (Wildman–Crippen LogP) is 3.72. The van der Waals surface area contributed by atoms with Crippen LogP contribution in [0.15, 0.2) is 34.7 Å². The number of nitrogens with zero attached hydrogens (tertiary/aromatic N) is 3. The number of anilines is 1. The molecule has 6 heteroatoms. The number of carbonyl (C=O) groups is 1. The maximum absolute atomic E-state index is 12.7. The summed E-state index contributed by atoms with van der Waals surface area (Å²) < 4.78 is 5.87. The molecule has 1 saturated heterocycles. The van der Waals surface area contributed by atoms with Gasteiger partial charge < -0.3 is 14.6 Å². The number of benzene rings is 1. The van der Waals surface area contributed by atoms with Crippen molar-refractivity contribution in [3.05, 3.63) is 41.8 Å². The second kappa shape index (κ2) is 6.33. The van der Waals surface area contributed by atoms with Gasteiger partial charge in [-0.3, -0.25) is 4.79 Å². The first-order chi connectivity index (χ1) is 13.5. The highest BCUT2D eigenvalue weighted by Gasteiger charge is 2.55. The molecule has 1 aromatic heterocycles. The number of piperidine rings is 1. The highest BCUT2D eigenvalue weighted by Crippen LogP contribution is 2.59. The van der Waals surface area contributed by atoms with Crippen molar-refractivity contribution in [3.8, 4) is 0 Å². The van der Waals surface area contributed by atoms with E-state index in [-0.39, 0.29) is 23.3 Å². The summed E-state index contributed by atoms with van der Waals surface area (Å²) in [6.45, 7) is 5.85. The summed E-state index contributed by atoms with van der Waals surface area (Å²) in [4.78, 5) is 14.7. The Kier molecular flexibility index (Phi) is 4.00. The lowest BCUT2D eigenvalue weighted by atomic mass is 9.93. The number of hydrogen-bond donors (Lipinski definition) is 1. The summed E-state index contributed by atoms with van der Waals surface area (Å²) in [5, 5.41) is 11.5. The molecule has 2 aliphatic carbocycles. The zero-order valence-corrected chi connectivity index (χ0v) is 16.6. The van der Waals surface area contributed by atoms with Crippen molar-refractivity contribution in [2.24, 2.45) is 5.41 Å². The van der Waals surface area contributed by atoms with Crippen LogP contribution in [0.1, 0.15) is 63.3 Å². The van der Waals surface area contributed by atoms with Gasteiger partial charge in [-0.1, -0.05) is 42.4 Å². The van der Waals surface area contributed by atoms with E-state index in [1.54, 1.807) is 0 Å². The number of nitrogens with one attached hydrogen (secondary N) is 1.